The summed E-state index contributed by atoms with van der Waals surface area (Å²) in [6.07, 6.45) is 1.70. The highest BCUT2D eigenvalue weighted by Crippen LogP contribution is 2.29. The zero-order valence-electron chi connectivity index (χ0n) is 13.7. The summed E-state index contributed by atoms with van der Waals surface area (Å²) in [6.45, 7) is 4.49. The number of thioether (sulfide) groups is 1. The highest BCUT2D eigenvalue weighted by Gasteiger charge is 2.35. The smallest absolute Gasteiger partial charge is 0.242 e. The number of carbonyl (C=O) groups excluding carboxylic acids is 1. The fraction of sp³-hybridized carbons (Fsp3) is 0.211. The molecule has 0 aliphatic carbocycles. The lowest BCUT2D eigenvalue weighted by atomic mass is 10.1. The number of amides is 1. The van der Waals surface area contributed by atoms with Crippen LogP contribution >= 0.6 is 11.8 Å². The molecule has 1 atom stereocenters. The number of hydrogen-bond acceptors (Lipinski definition) is 4. The summed E-state index contributed by atoms with van der Waals surface area (Å²) in [4.78, 5) is 14.2. The highest BCUT2D eigenvalue weighted by atomic mass is 32.2. The maximum Gasteiger partial charge on any atom is 0.242 e. The van der Waals surface area contributed by atoms with Gasteiger partial charge in [-0.15, -0.1) is 5.10 Å². The van der Waals surface area contributed by atoms with E-state index in [1.54, 1.807) is 11.1 Å². The van der Waals surface area contributed by atoms with Crippen molar-refractivity contribution in [2.45, 2.75) is 25.6 Å². The quantitative estimate of drug-likeness (QED) is 0.628. The molecule has 0 bridgehead atoms. The van der Waals surface area contributed by atoms with Crippen molar-refractivity contribution in [3.63, 3.8) is 0 Å². The number of carbonyl (C=O) groups is 1. The van der Waals surface area contributed by atoms with Crippen LogP contribution in [0.1, 0.15) is 23.6 Å². The number of benzene rings is 2. The lowest BCUT2D eigenvalue weighted by Crippen LogP contribution is -2.31. The molecule has 1 fully saturated rings. The predicted molar refractivity (Wildman–Crippen MR) is 100 cm³/mol. The highest BCUT2D eigenvalue weighted by molar-refractivity contribution is 8.15. The summed E-state index contributed by atoms with van der Waals surface area (Å²) >= 11 is 1.45. The maximum atomic E-state index is 12.4. The van der Waals surface area contributed by atoms with Gasteiger partial charge in [-0.25, -0.2) is 0 Å². The van der Waals surface area contributed by atoms with Crippen LogP contribution in [0.15, 0.2) is 64.8 Å². The molecule has 0 N–H and O–H groups in total. The fourth-order valence-corrected chi connectivity index (χ4v) is 3.37. The first-order valence-electron chi connectivity index (χ1n) is 7.84. The number of rotatable bonds is 4. The largest absolute Gasteiger partial charge is 0.284 e. The molecule has 2 aromatic carbocycles. The van der Waals surface area contributed by atoms with Gasteiger partial charge in [-0.3, -0.25) is 9.69 Å². The molecular formula is C19H19N3OS. The van der Waals surface area contributed by atoms with E-state index >= 15 is 0 Å². The van der Waals surface area contributed by atoms with Crippen molar-refractivity contribution < 1.29 is 4.79 Å². The summed E-state index contributed by atoms with van der Waals surface area (Å²) in [6, 6.07) is 17.9. The van der Waals surface area contributed by atoms with Gasteiger partial charge >= 0.3 is 0 Å². The Balaban J connectivity index is 1.80. The monoisotopic (exact) mass is 337 g/mol. The Labute approximate surface area is 146 Å². The zero-order chi connectivity index (χ0) is 16.9. The molecular weight excluding hydrogens is 318 g/mol. The number of hydrogen-bond donors (Lipinski definition) is 0. The second-order valence-electron chi connectivity index (χ2n) is 5.65. The molecule has 2 aromatic rings. The predicted octanol–water partition coefficient (Wildman–Crippen LogP) is 3.85. The number of amidine groups is 1. The lowest BCUT2D eigenvalue weighted by Gasteiger charge is -2.16. The summed E-state index contributed by atoms with van der Waals surface area (Å²) in [7, 11) is 0. The summed E-state index contributed by atoms with van der Waals surface area (Å²) in [5.74, 6) is 0.0805. The van der Waals surface area contributed by atoms with Crippen molar-refractivity contribution in [2.24, 2.45) is 10.2 Å². The number of nitrogens with zero attached hydrogens (tertiary/aromatic N) is 3. The Morgan fingerprint density at radius 2 is 1.83 bits per heavy atom. The van der Waals surface area contributed by atoms with Gasteiger partial charge in [-0.05, 0) is 30.5 Å². The molecule has 1 aliphatic rings. The van der Waals surface area contributed by atoms with E-state index < -0.39 is 0 Å². The van der Waals surface area contributed by atoms with Crippen molar-refractivity contribution in [3.05, 3.63) is 71.3 Å². The van der Waals surface area contributed by atoms with Crippen LogP contribution in [-0.2, 0) is 11.3 Å². The van der Waals surface area contributed by atoms with Crippen LogP contribution in [0.5, 0.6) is 0 Å². The van der Waals surface area contributed by atoms with E-state index in [2.05, 4.69) is 23.2 Å². The molecule has 1 saturated heterocycles. The maximum absolute atomic E-state index is 12.4. The third kappa shape index (κ3) is 3.74. The van der Waals surface area contributed by atoms with E-state index in [4.69, 9.17) is 0 Å². The molecule has 0 aromatic heterocycles. The molecule has 0 radical (unpaired) electrons. The van der Waals surface area contributed by atoms with E-state index in [1.165, 1.54) is 17.3 Å². The molecule has 0 unspecified atom stereocenters. The Bertz CT molecular complexity index is 786. The molecule has 1 heterocycles. The van der Waals surface area contributed by atoms with Crippen LogP contribution in [-0.4, -0.2) is 27.4 Å². The third-order valence-corrected chi connectivity index (χ3v) is 4.93. The van der Waals surface area contributed by atoms with E-state index in [0.717, 1.165) is 11.1 Å². The molecule has 5 heteroatoms. The minimum atomic E-state index is -0.125. The molecule has 0 spiro atoms. The minimum Gasteiger partial charge on any atom is -0.284 e. The zero-order valence-corrected chi connectivity index (χ0v) is 14.5. The van der Waals surface area contributed by atoms with Crippen LogP contribution in [0.3, 0.4) is 0 Å². The molecule has 122 valence electrons. The lowest BCUT2D eigenvalue weighted by molar-refractivity contribution is -0.126. The van der Waals surface area contributed by atoms with Gasteiger partial charge in [0.2, 0.25) is 5.91 Å². The first kappa shape index (κ1) is 16.5. The molecule has 1 aliphatic heterocycles. The Morgan fingerprint density at radius 1 is 1.12 bits per heavy atom. The molecule has 24 heavy (non-hydrogen) atoms. The minimum absolute atomic E-state index is 0.0805. The molecule has 0 saturated carbocycles. The van der Waals surface area contributed by atoms with Gasteiger partial charge in [-0.2, -0.15) is 5.10 Å². The number of aryl methyl sites for hydroxylation is 1. The van der Waals surface area contributed by atoms with Crippen molar-refractivity contribution in [2.75, 3.05) is 0 Å². The van der Waals surface area contributed by atoms with Crippen LogP contribution in [0.4, 0.5) is 0 Å². The first-order valence-corrected chi connectivity index (χ1v) is 8.72. The topological polar surface area (TPSA) is 45.0 Å². The second-order valence-corrected chi connectivity index (χ2v) is 6.96. The van der Waals surface area contributed by atoms with Gasteiger partial charge in [-0.1, -0.05) is 66.4 Å². The van der Waals surface area contributed by atoms with Gasteiger partial charge in [0.15, 0.2) is 5.17 Å². The van der Waals surface area contributed by atoms with Crippen molar-refractivity contribution in [1.29, 1.82) is 0 Å². The van der Waals surface area contributed by atoms with E-state index in [-0.39, 0.29) is 11.2 Å². The van der Waals surface area contributed by atoms with Gasteiger partial charge in [0, 0.05) is 0 Å². The second kappa shape index (κ2) is 7.45. The van der Waals surface area contributed by atoms with Crippen LogP contribution in [0, 0.1) is 6.92 Å². The van der Waals surface area contributed by atoms with Crippen LogP contribution < -0.4 is 0 Å². The normalized spacial score (nSPS) is 19.6. The van der Waals surface area contributed by atoms with E-state index in [9.17, 15) is 4.79 Å². The first-order chi connectivity index (χ1) is 11.6. The van der Waals surface area contributed by atoms with E-state index in [1.807, 2.05) is 55.5 Å². The standard InChI is InChI=1S/C19H19N3OS/c1-14-8-6-7-11-17(14)13-22-18(23)15(2)24-19(22)21-20-12-16-9-4-3-5-10-16/h3-12,15H,13H2,1-2H3/b20-12-,21-19+/t15-/m0/s1. The van der Waals surface area contributed by atoms with Crippen molar-refractivity contribution in [1.82, 2.24) is 4.90 Å². The van der Waals surface area contributed by atoms with E-state index in [0.29, 0.717) is 11.7 Å². The average molecular weight is 337 g/mol. The fourth-order valence-electron chi connectivity index (χ4n) is 2.45. The van der Waals surface area contributed by atoms with Crippen LogP contribution in [0.25, 0.3) is 0 Å². The van der Waals surface area contributed by atoms with Crippen LogP contribution in [0.2, 0.25) is 0 Å². The SMILES string of the molecule is Cc1ccccc1CN1C(=O)[C@H](C)S/C1=N/N=C\c1ccccc1. The van der Waals surface area contributed by atoms with Gasteiger partial charge < -0.3 is 0 Å². The molecule has 4 nitrogen and oxygen atoms in total. The molecule has 1 amide bonds. The summed E-state index contributed by atoms with van der Waals surface area (Å²) in [5.41, 5.74) is 3.27. The van der Waals surface area contributed by atoms with Gasteiger partial charge in [0.1, 0.15) is 0 Å². The average Bonchev–Trinajstić information content (AvgIpc) is 2.85. The Hall–Kier alpha value is -2.40. The van der Waals surface area contributed by atoms with Gasteiger partial charge in [0.05, 0.1) is 18.0 Å². The Morgan fingerprint density at radius 3 is 2.58 bits per heavy atom. The molecule has 3 rings (SSSR count). The van der Waals surface area contributed by atoms with Crippen molar-refractivity contribution >= 4 is 29.1 Å². The third-order valence-electron chi connectivity index (χ3n) is 3.87. The summed E-state index contributed by atoms with van der Waals surface area (Å²) < 4.78 is 0. The Kier molecular flexibility index (Phi) is 5.11. The summed E-state index contributed by atoms with van der Waals surface area (Å²) in [5, 5.41) is 8.97. The van der Waals surface area contributed by atoms with Crippen molar-refractivity contribution in [3.8, 4) is 0 Å². The van der Waals surface area contributed by atoms with Gasteiger partial charge in [0.25, 0.3) is 0 Å².